The van der Waals surface area contributed by atoms with Crippen LogP contribution in [-0.4, -0.2) is 110 Å². The second-order valence-electron chi connectivity index (χ2n) is 15.3. The topological polar surface area (TPSA) is 230 Å². The lowest BCUT2D eigenvalue weighted by molar-refractivity contribution is -0.220. The van der Waals surface area contributed by atoms with Crippen molar-refractivity contribution in [3.05, 3.63) is 109 Å². The van der Waals surface area contributed by atoms with E-state index in [2.05, 4.69) is 92.8 Å². The quantitative estimate of drug-likeness (QED) is 0.0106. The number of carbonyl (C=O) groups is 2. The molecule has 0 aromatic carbocycles. The molecule has 0 amide bonds. The summed E-state index contributed by atoms with van der Waals surface area (Å²) in [6, 6.07) is 0. The minimum absolute atomic E-state index is 0.0200. The SMILES string of the molecule is CC/C=C\C/C=C\C/C=C\C/C=C\C/C=C\C=C/C(O)CCC(=O)O[C@H](COC(=O)CCCCCCC/C=C\C/C=C\C/C=C\CC)COP(=O)(O)OC1[C@H](O)[C@H](O)C(O)[C@H](O)[C@H]1O. The maximum Gasteiger partial charge on any atom is 0.472 e. The van der Waals surface area contributed by atoms with Crippen LogP contribution >= 0.6 is 7.82 Å². The number of phosphoric ester groups is 1. The van der Waals surface area contributed by atoms with Crippen molar-refractivity contribution in [2.75, 3.05) is 13.2 Å². The van der Waals surface area contributed by atoms with Gasteiger partial charge in [-0.1, -0.05) is 142 Å². The van der Waals surface area contributed by atoms with Gasteiger partial charge in [-0.05, 0) is 77.0 Å². The van der Waals surface area contributed by atoms with Gasteiger partial charge in [-0.3, -0.25) is 18.6 Å². The predicted octanol–water partition coefficient (Wildman–Crippen LogP) is 7.80. The van der Waals surface area contributed by atoms with Gasteiger partial charge in [-0.15, -0.1) is 0 Å². The molecule has 7 N–H and O–H groups in total. The Kier molecular flexibility index (Phi) is 34.4. The Morgan fingerprint density at radius 1 is 0.562 bits per heavy atom. The molecule has 15 heteroatoms. The molecule has 0 aromatic heterocycles. The lowest BCUT2D eigenvalue weighted by atomic mass is 9.85. The van der Waals surface area contributed by atoms with Crippen LogP contribution in [0, 0.1) is 0 Å². The van der Waals surface area contributed by atoms with E-state index in [1.54, 1.807) is 12.2 Å². The molecule has 4 unspecified atom stereocenters. The molecule has 0 radical (unpaired) electrons. The molecule has 1 aliphatic carbocycles. The first-order valence-corrected chi connectivity index (χ1v) is 24.3. The van der Waals surface area contributed by atoms with Gasteiger partial charge in [-0.2, -0.15) is 0 Å². The van der Waals surface area contributed by atoms with Gasteiger partial charge in [0.15, 0.2) is 6.10 Å². The average molecular weight is 921 g/mol. The van der Waals surface area contributed by atoms with Crippen molar-refractivity contribution in [2.24, 2.45) is 0 Å². The third-order valence-corrected chi connectivity index (χ3v) is 10.7. The Labute approximate surface area is 381 Å². The number of aliphatic hydroxyl groups excluding tert-OH is 6. The molecule has 0 heterocycles. The molecule has 0 saturated heterocycles. The minimum Gasteiger partial charge on any atom is -0.462 e. The average Bonchev–Trinajstić information content (AvgIpc) is 3.27. The zero-order valence-electron chi connectivity index (χ0n) is 37.9. The largest absolute Gasteiger partial charge is 0.472 e. The van der Waals surface area contributed by atoms with Crippen LogP contribution in [0.15, 0.2) is 109 Å². The third-order valence-electron chi connectivity index (χ3n) is 9.73. The summed E-state index contributed by atoms with van der Waals surface area (Å²) >= 11 is 0. The first-order chi connectivity index (χ1) is 30.8. The summed E-state index contributed by atoms with van der Waals surface area (Å²) in [4.78, 5) is 35.7. The van der Waals surface area contributed by atoms with Gasteiger partial charge >= 0.3 is 19.8 Å². The monoisotopic (exact) mass is 921 g/mol. The summed E-state index contributed by atoms with van der Waals surface area (Å²) in [5, 5.41) is 60.5. The van der Waals surface area contributed by atoms with Gasteiger partial charge in [0.1, 0.15) is 43.2 Å². The van der Waals surface area contributed by atoms with Gasteiger partial charge in [0.2, 0.25) is 0 Å². The molecule has 0 aromatic rings. The number of allylic oxidation sites excluding steroid dienone is 17. The zero-order valence-corrected chi connectivity index (χ0v) is 38.8. The van der Waals surface area contributed by atoms with E-state index in [1.165, 1.54) is 6.08 Å². The van der Waals surface area contributed by atoms with E-state index in [4.69, 9.17) is 18.5 Å². The van der Waals surface area contributed by atoms with E-state index in [-0.39, 0.29) is 19.3 Å². The van der Waals surface area contributed by atoms with E-state index in [9.17, 15) is 49.7 Å². The van der Waals surface area contributed by atoms with Crippen LogP contribution in [0.4, 0.5) is 0 Å². The molecule has 0 aliphatic heterocycles. The van der Waals surface area contributed by atoms with E-state index < -0.39 is 81.8 Å². The second-order valence-corrected chi connectivity index (χ2v) is 16.7. The van der Waals surface area contributed by atoms with Gasteiger partial charge in [-0.25, -0.2) is 4.57 Å². The third kappa shape index (κ3) is 29.8. The number of hydrogen-bond donors (Lipinski definition) is 7. The van der Waals surface area contributed by atoms with Crippen LogP contribution in [0.3, 0.4) is 0 Å². The van der Waals surface area contributed by atoms with Crippen molar-refractivity contribution in [3.63, 3.8) is 0 Å². The van der Waals surface area contributed by atoms with Gasteiger partial charge in [0.05, 0.1) is 12.7 Å². The Bertz CT molecular complexity index is 1550. The Balaban J connectivity index is 2.60. The van der Waals surface area contributed by atoms with E-state index >= 15 is 0 Å². The molecule has 0 spiro atoms. The second kappa shape index (κ2) is 37.7. The molecule has 64 heavy (non-hydrogen) atoms. The van der Waals surface area contributed by atoms with E-state index in [1.807, 2.05) is 12.2 Å². The highest BCUT2D eigenvalue weighted by Gasteiger charge is 2.51. The smallest absolute Gasteiger partial charge is 0.462 e. The highest BCUT2D eigenvalue weighted by molar-refractivity contribution is 7.47. The number of phosphoric acid groups is 1. The summed E-state index contributed by atoms with van der Waals surface area (Å²) in [5.41, 5.74) is 0. The number of aliphatic hydroxyl groups is 6. The van der Waals surface area contributed by atoms with Gasteiger partial charge in [0.25, 0.3) is 0 Å². The minimum atomic E-state index is -5.20. The first-order valence-electron chi connectivity index (χ1n) is 22.8. The normalized spacial score (nSPS) is 23.1. The maximum absolute atomic E-state index is 12.8. The highest BCUT2D eigenvalue weighted by Crippen LogP contribution is 2.47. The number of unbranched alkanes of at least 4 members (excludes halogenated alkanes) is 5. The number of carbonyl (C=O) groups excluding carboxylic acids is 2. The summed E-state index contributed by atoms with van der Waals surface area (Å²) in [6.07, 6.45) is 34.6. The van der Waals surface area contributed by atoms with Crippen molar-refractivity contribution < 1.29 is 68.2 Å². The number of esters is 2. The first kappa shape index (κ1) is 58.5. The standard InChI is InChI=1S/C49H77O14P/c1-3-5-7-9-11-13-15-17-19-21-22-24-26-28-30-32-34-40(50)36-37-43(52)62-41(39-61-64(58,59)63-49-47(56)45(54)44(53)46(55)48(49)57)38-60-42(51)35-33-31-29-27-25-23-20-18-16-14-12-10-8-6-4-2/h5-8,11-14,17-20,22,24,28,30,32,34,40-41,44-50,53-57H,3-4,9-10,15-16,21,23,25-27,29,31,33,35-39H2,1-2H3,(H,58,59)/b7-5-,8-6-,13-11-,14-12-,19-17-,20-18-,24-22-,30-28-,34-32-/t40?,41-,44?,45-,46+,47-,48-,49?/m1/s1. The summed E-state index contributed by atoms with van der Waals surface area (Å²) in [6.45, 7) is 2.83. The highest BCUT2D eigenvalue weighted by atomic mass is 31.2. The molecule has 9 atom stereocenters. The van der Waals surface area contributed by atoms with Crippen LogP contribution in [-0.2, 0) is 32.7 Å². The van der Waals surface area contributed by atoms with Crippen LogP contribution in [0.2, 0.25) is 0 Å². The van der Waals surface area contributed by atoms with Crippen molar-refractivity contribution in [2.45, 2.75) is 172 Å². The molecular weight excluding hydrogens is 843 g/mol. The molecule has 14 nitrogen and oxygen atoms in total. The zero-order chi connectivity index (χ0) is 47.3. The Morgan fingerprint density at radius 3 is 1.58 bits per heavy atom. The van der Waals surface area contributed by atoms with E-state index in [0.29, 0.717) is 12.8 Å². The number of ether oxygens (including phenoxy) is 2. The molecule has 362 valence electrons. The predicted molar refractivity (Wildman–Crippen MR) is 250 cm³/mol. The van der Waals surface area contributed by atoms with Crippen LogP contribution in [0.5, 0.6) is 0 Å². The van der Waals surface area contributed by atoms with Gasteiger partial charge in [0, 0.05) is 12.8 Å². The van der Waals surface area contributed by atoms with Crippen LogP contribution < -0.4 is 0 Å². The molecular formula is C49H77O14P. The fraction of sp³-hybridized carbons (Fsp3) is 0.592. The summed E-state index contributed by atoms with van der Waals surface area (Å²) in [5.74, 6) is -1.42. The van der Waals surface area contributed by atoms with Crippen LogP contribution in [0.25, 0.3) is 0 Å². The maximum atomic E-state index is 12.8. The fourth-order valence-corrected chi connectivity index (χ4v) is 7.03. The lowest BCUT2D eigenvalue weighted by Gasteiger charge is -2.41. The van der Waals surface area contributed by atoms with Crippen molar-refractivity contribution in [1.29, 1.82) is 0 Å². The molecule has 1 aliphatic rings. The fourth-order valence-electron chi connectivity index (χ4n) is 6.06. The Morgan fingerprint density at radius 2 is 1.03 bits per heavy atom. The molecule has 1 saturated carbocycles. The van der Waals surface area contributed by atoms with Gasteiger partial charge < -0.3 is 45.0 Å². The number of rotatable bonds is 35. The Hall–Kier alpha value is -3.53. The van der Waals surface area contributed by atoms with Crippen molar-refractivity contribution in [1.82, 2.24) is 0 Å². The lowest BCUT2D eigenvalue weighted by Crippen LogP contribution is -2.64. The molecule has 0 bridgehead atoms. The summed E-state index contributed by atoms with van der Waals surface area (Å²) < 4.78 is 33.3. The van der Waals surface area contributed by atoms with E-state index in [0.717, 1.165) is 77.0 Å². The summed E-state index contributed by atoms with van der Waals surface area (Å²) in [7, 11) is -5.20. The van der Waals surface area contributed by atoms with Crippen molar-refractivity contribution in [3.8, 4) is 0 Å². The van der Waals surface area contributed by atoms with Crippen LogP contribution in [0.1, 0.15) is 123 Å². The van der Waals surface area contributed by atoms with Crippen molar-refractivity contribution >= 4 is 19.8 Å². The molecule has 1 rings (SSSR count). The number of hydrogen-bond acceptors (Lipinski definition) is 13. The molecule has 1 fully saturated rings.